The van der Waals surface area contributed by atoms with Crippen molar-refractivity contribution in [2.24, 2.45) is 0 Å². The third-order valence-electron chi connectivity index (χ3n) is 5.61. The Balaban J connectivity index is 1.35. The molecule has 152 valence electrons. The van der Waals surface area contributed by atoms with E-state index in [1.807, 2.05) is 18.3 Å². The number of hydrogen-bond acceptors (Lipinski definition) is 6. The van der Waals surface area contributed by atoms with E-state index in [2.05, 4.69) is 26.1 Å². The zero-order valence-electron chi connectivity index (χ0n) is 16.6. The van der Waals surface area contributed by atoms with Gasteiger partial charge in [0.1, 0.15) is 12.7 Å². The van der Waals surface area contributed by atoms with Crippen LogP contribution in [-0.4, -0.2) is 71.1 Å². The van der Waals surface area contributed by atoms with E-state index in [0.29, 0.717) is 18.0 Å². The van der Waals surface area contributed by atoms with E-state index in [9.17, 15) is 5.11 Å². The highest BCUT2D eigenvalue weighted by Gasteiger charge is 2.19. The number of aliphatic hydroxyl groups excluding tert-OH is 1. The Morgan fingerprint density at radius 1 is 1.18 bits per heavy atom. The van der Waals surface area contributed by atoms with Crippen molar-refractivity contribution in [3.8, 4) is 11.5 Å². The molecule has 1 saturated heterocycles. The average Bonchev–Trinajstić information content (AvgIpc) is 3.38. The number of rotatable bonds is 8. The maximum atomic E-state index is 10.3. The highest BCUT2D eigenvalue weighted by atomic mass is 16.5. The van der Waals surface area contributed by atoms with Crippen LogP contribution in [0.25, 0.3) is 0 Å². The molecule has 0 radical (unpaired) electrons. The van der Waals surface area contributed by atoms with Crippen LogP contribution in [-0.2, 0) is 19.5 Å². The predicted molar refractivity (Wildman–Crippen MR) is 107 cm³/mol. The van der Waals surface area contributed by atoms with Crippen molar-refractivity contribution < 1.29 is 14.6 Å². The van der Waals surface area contributed by atoms with Gasteiger partial charge in [-0.3, -0.25) is 10.00 Å². The molecule has 2 aliphatic rings. The second-order valence-electron chi connectivity index (χ2n) is 7.79. The van der Waals surface area contributed by atoms with Crippen LogP contribution in [0.4, 0.5) is 0 Å². The van der Waals surface area contributed by atoms with Crippen molar-refractivity contribution in [2.45, 2.75) is 38.5 Å². The van der Waals surface area contributed by atoms with Gasteiger partial charge in [-0.1, -0.05) is 6.07 Å². The van der Waals surface area contributed by atoms with Gasteiger partial charge in [0.15, 0.2) is 11.5 Å². The second-order valence-corrected chi connectivity index (χ2v) is 7.79. The van der Waals surface area contributed by atoms with Crippen LogP contribution in [0, 0.1) is 0 Å². The molecule has 7 nitrogen and oxygen atoms in total. The van der Waals surface area contributed by atoms with Gasteiger partial charge in [-0.05, 0) is 43.6 Å². The largest absolute Gasteiger partial charge is 0.493 e. The van der Waals surface area contributed by atoms with Crippen LogP contribution >= 0.6 is 0 Å². The molecule has 28 heavy (non-hydrogen) atoms. The highest BCUT2D eigenvalue weighted by Crippen LogP contribution is 2.29. The minimum absolute atomic E-state index is 0.276. The number of aromatic amines is 1. The van der Waals surface area contributed by atoms with Gasteiger partial charge in [-0.2, -0.15) is 5.10 Å². The molecule has 0 unspecified atom stereocenters. The molecule has 4 rings (SSSR count). The lowest BCUT2D eigenvalue weighted by Crippen LogP contribution is -2.33. The quantitative estimate of drug-likeness (QED) is 0.721. The number of fused-ring (bicyclic) bond motifs is 1. The summed E-state index contributed by atoms with van der Waals surface area (Å²) in [6.07, 6.45) is 4.87. The van der Waals surface area contributed by atoms with Gasteiger partial charge in [0.25, 0.3) is 0 Å². The number of nitrogens with one attached hydrogen (secondary N) is 1. The van der Waals surface area contributed by atoms with E-state index in [-0.39, 0.29) is 6.61 Å². The summed E-state index contributed by atoms with van der Waals surface area (Å²) in [7, 11) is 1.65. The monoisotopic (exact) mass is 386 g/mol. The van der Waals surface area contributed by atoms with Gasteiger partial charge < -0.3 is 19.5 Å². The molecule has 0 spiro atoms. The molecule has 1 aromatic carbocycles. The molecule has 2 aromatic rings. The Kier molecular flexibility index (Phi) is 6.14. The van der Waals surface area contributed by atoms with Crippen molar-refractivity contribution in [2.75, 3.05) is 39.9 Å². The Morgan fingerprint density at radius 3 is 2.86 bits per heavy atom. The minimum Gasteiger partial charge on any atom is -0.493 e. The molecule has 3 heterocycles. The number of benzene rings is 1. The fraction of sp³-hybridized carbons (Fsp3) is 0.571. The first-order valence-electron chi connectivity index (χ1n) is 10.1. The van der Waals surface area contributed by atoms with Crippen LogP contribution in [0.2, 0.25) is 0 Å². The van der Waals surface area contributed by atoms with Gasteiger partial charge in [-0.15, -0.1) is 0 Å². The Morgan fingerprint density at radius 2 is 2.04 bits per heavy atom. The van der Waals surface area contributed by atoms with Crippen LogP contribution in [0.5, 0.6) is 11.5 Å². The normalized spacial score (nSPS) is 18.8. The van der Waals surface area contributed by atoms with E-state index in [0.717, 1.165) is 39.1 Å². The smallest absolute Gasteiger partial charge is 0.161 e. The topological polar surface area (TPSA) is 73.8 Å². The molecule has 0 bridgehead atoms. The van der Waals surface area contributed by atoms with Crippen molar-refractivity contribution in [1.82, 2.24) is 20.0 Å². The summed E-state index contributed by atoms with van der Waals surface area (Å²) >= 11 is 0. The Bertz CT molecular complexity index is 773. The van der Waals surface area contributed by atoms with Crippen molar-refractivity contribution in [3.05, 3.63) is 41.2 Å². The van der Waals surface area contributed by atoms with Gasteiger partial charge >= 0.3 is 0 Å². The van der Waals surface area contributed by atoms with Crippen molar-refractivity contribution in [1.29, 1.82) is 0 Å². The van der Waals surface area contributed by atoms with E-state index in [1.165, 1.54) is 29.7 Å². The molecule has 7 heteroatoms. The Hall–Kier alpha value is -2.09. The molecular formula is C21H30N4O3. The third kappa shape index (κ3) is 4.66. The van der Waals surface area contributed by atoms with Crippen LogP contribution in [0.3, 0.4) is 0 Å². The lowest BCUT2D eigenvalue weighted by molar-refractivity contribution is 0.0746. The Labute approximate surface area is 166 Å². The van der Waals surface area contributed by atoms with E-state index in [1.54, 1.807) is 7.11 Å². The number of hydrogen-bond donors (Lipinski definition) is 2. The second kappa shape index (κ2) is 8.94. The maximum Gasteiger partial charge on any atom is 0.161 e. The molecule has 2 N–H and O–H groups in total. The molecular weight excluding hydrogens is 356 g/mol. The summed E-state index contributed by atoms with van der Waals surface area (Å²) in [5.41, 5.74) is 3.71. The van der Waals surface area contributed by atoms with Crippen LogP contribution in [0.1, 0.15) is 29.7 Å². The average molecular weight is 386 g/mol. The lowest BCUT2D eigenvalue weighted by atomic mass is 10.1. The van der Waals surface area contributed by atoms with Crippen molar-refractivity contribution >= 4 is 0 Å². The van der Waals surface area contributed by atoms with Crippen LogP contribution in [0.15, 0.2) is 24.4 Å². The molecule has 1 aromatic heterocycles. The summed E-state index contributed by atoms with van der Waals surface area (Å²) in [5, 5.41) is 17.5. The summed E-state index contributed by atoms with van der Waals surface area (Å²) in [5.74, 6) is 1.40. The van der Waals surface area contributed by atoms with Gasteiger partial charge in [0.05, 0.1) is 13.3 Å². The van der Waals surface area contributed by atoms with Crippen molar-refractivity contribution in [3.63, 3.8) is 0 Å². The van der Waals surface area contributed by atoms with E-state index >= 15 is 0 Å². The molecule has 1 atom stereocenters. The predicted octanol–water partition coefficient (Wildman–Crippen LogP) is 1.81. The fourth-order valence-electron chi connectivity index (χ4n) is 4.11. The van der Waals surface area contributed by atoms with Gasteiger partial charge in [0, 0.05) is 43.9 Å². The number of nitrogens with zero attached hydrogens (tertiary/aromatic N) is 3. The summed E-state index contributed by atoms with van der Waals surface area (Å²) in [6, 6.07) is 6.06. The molecule has 2 aliphatic heterocycles. The number of methoxy groups -OCH3 is 1. The SMILES string of the molecule is COc1ccc(CN2CCc3[nH]ncc3C2)cc1OC[C@@H](O)CN1CCCC1. The number of aliphatic hydroxyl groups is 1. The first kappa shape index (κ1) is 19.2. The third-order valence-corrected chi connectivity index (χ3v) is 5.61. The molecule has 1 fully saturated rings. The number of likely N-dealkylation sites (tertiary alicyclic amines) is 1. The summed E-state index contributed by atoms with van der Waals surface area (Å²) in [4.78, 5) is 4.70. The molecule has 0 saturated carbocycles. The lowest BCUT2D eigenvalue weighted by Gasteiger charge is -2.26. The zero-order valence-corrected chi connectivity index (χ0v) is 16.6. The zero-order chi connectivity index (χ0) is 19.3. The molecule has 0 amide bonds. The maximum absolute atomic E-state index is 10.3. The summed E-state index contributed by atoms with van der Waals surface area (Å²) < 4.78 is 11.4. The number of H-pyrrole nitrogens is 1. The van der Waals surface area contributed by atoms with Crippen LogP contribution < -0.4 is 9.47 Å². The fourth-order valence-corrected chi connectivity index (χ4v) is 4.11. The highest BCUT2D eigenvalue weighted by molar-refractivity contribution is 5.43. The van der Waals surface area contributed by atoms with E-state index < -0.39 is 6.10 Å². The number of ether oxygens (including phenoxy) is 2. The summed E-state index contributed by atoms with van der Waals surface area (Å²) in [6.45, 7) is 5.85. The number of β-amino-alcohol motifs (C(OH)–C–C–N with tert-alkyl or cyclic N) is 1. The first-order valence-corrected chi connectivity index (χ1v) is 10.1. The number of aromatic nitrogens is 2. The standard InChI is InChI=1S/C21H30N4O3/c1-27-20-5-4-16(12-25-9-6-19-17(13-25)11-22-23-19)10-21(20)28-15-18(26)14-24-7-2-3-8-24/h4-5,10-11,18,26H,2-3,6-9,12-15H2,1H3,(H,22,23)/t18-/m0/s1. The molecule has 0 aliphatic carbocycles. The minimum atomic E-state index is -0.493. The van der Waals surface area contributed by atoms with Gasteiger partial charge in [0.2, 0.25) is 0 Å². The first-order chi connectivity index (χ1) is 13.7. The van der Waals surface area contributed by atoms with Gasteiger partial charge in [-0.25, -0.2) is 0 Å². The van der Waals surface area contributed by atoms with E-state index in [4.69, 9.17) is 9.47 Å².